The van der Waals surface area contributed by atoms with Crippen molar-refractivity contribution in [2.45, 2.75) is 18.9 Å². The third-order valence-electron chi connectivity index (χ3n) is 2.67. The Morgan fingerprint density at radius 3 is 3.29 bits per heavy atom. The first kappa shape index (κ1) is 7.94. The van der Waals surface area contributed by atoms with E-state index in [1.54, 1.807) is 0 Å². The molecule has 3 rings (SSSR count). The SMILES string of the molecule is c1nc2cc(C3CCCN3)cnc2o1. The van der Waals surface area contributed by atoms with Crippen LogP contribution < -0.4 is 5.32 Å². The van der Waals surface area contributed by atoms with E-state index in [4.69, 9.17) is 4.42 Å². The normalized spacial score (nSPS) is 21.9. The van der Waals surface area contributed by atoms with Gasteiger partial charge in [-0.25, -0.2) is 9.97 Å². The Labute approximate surface area is 81.4 Å². The van der Waals surface area contributed by atoms with E-state index in [2.05, 4.69) is 21.4 Å². The van der Waals surface area contributed by atoms with E-state index in [1.165, 1.54) is 24.8 Å². The minimum absolute atomic E-state index is 0.448. The van der Waals surface area contributed by atoms with Crippen molar-refractivity contribution in [2.24, 2.45) is 0 Å². The number of rotatable bonds is 1. The van der Waals surface area contributed by atoms with Crippen LogP contribution in [0.5, 0.6) is 0 Å². The van der Waals surface area contributed by atoms with Crippen LogP contribution in [0.4, 0.5) is 0 Å². The van der Waals surface area contributed by atoms with E-state index in [9.17, 15) is 0 Å². The van der Waals surface area contributed by atoms with Crippen LogP contribution in [-0.4, -0.2) is 16.5 Å². The molecule has 1 aliphatic rings. The summed E-state index contributed by atoms with van der Waals surface area (Å²) in [6.07, 6.45) is 5.73. The average Bonchev–Trinajstić information content (AvgIpc) is 2.88. The topological polar surface area (TPSA) is 51.0 Å². The molecule has 0 saturated carbocycles. The van der Waals surface area contributed by atoms with Gasteiger partial charge >= 0.3 is 0 Å². The molecule has 4 heteroatoms. The van der Waals surface area contributed by atoms with Crippen molar-refractivity contribution in [3.05, 3.63) is 24.2 Å². The zero-order valence-corrected chi connectivity index (χ0v) is 7.73. The second-order valence-electron chi connectivity index (χ2n) is 3.59. The van der Waals surface area contributed by atoms with Gasteiger partial charge in [0.2, 0.25) is 5.71 Å². The number of nitrogens with one attached hydrogen (secondary N) is 1. The minimum atomic E-state index is 0.448. The monoisotopic (exact) mass is 189 g/mol. The maximum absolute atomic E-state index is 5.09. The number of aromatic nitrogens is 2. The molecule has 1 aliphatic heterocycles. The molecule has 0 aliphatic carbocycles. The van der Waals surface area contributed by atoms with Crippen LogP contribution in [-0.2, 0) is 0 Å². The van der Waals surface area contributed by atoms with Gasteiger partial charge in [-0.2, -0.15) is 0 Å². The lowest BCUT2D eigenvalue weighted by atomic mass is 10.1. The van der Waals surface area contributed by atoms with Gasteiger partial charge < -0.3 is 9.73 Å². The highest BCUT2D eigenvalue weighted by Crippen LogP contribution is 2.24. The van der Waals surface area contributed by atoms with E-state index in [-0.39, 0.29) is 0 Å². The van der Waals surface area contributed by atoms with Crippen LogP contribution in [0.3, 0.4) is 0 Å². The summed E-state index contributed by atoms with van der Waals surface area (Å²) < 4.78 is 5.09. The Kier molecular flexibility index (Phi) is 1.73. The maximum atomic E-state index is 5.09. The van der Waals surface area contributed by atoms with Gasteiger partial charge in [-0.05, 0) is 31.0 Å². The molecule has 1 unspecified atom stereocenters. The molecular weight excluding hydrogens is 178 g/mol. The van der Waals surface area contributed by atoms with Crippen LogP contribution >= 0.6 is 0 Å². The van der Waals surface area contributed by atoms with Crippen molar-refractivity contribution in [3.63, 3.8) is 0 Å². The van der Waals surface area contributed by atoms with Crippen LogP contribution in [0.2, 0.25) is 0 Å². The zero-order valence-electron chi connectivity index (χ0n) is 7.73. The Morgan fingerprint density at radius 2 is 2.43 bits per heavy atom. The van der Waals surface area contributed by atoms with Crippen molar-refractivity contribution >= 4 is 11.2 Å². The highest BCUT2D eigenvalue weighted by atomic mass is 16.3. The van der Waals surface area contributed by atoms with Crippen molar-refractivity contribution in [3.8, 4) is 0 Å². The summed E-state index contributed by atoms with van der Waals surface area (Å²) in [6, 6.07) is 2.50. The second-order valence-corrected chi connectivity index (χ2v) is 3.59. The molecule has 72 valence electrons. The molecule has 3 heterocycles. The van der Waals surface area contributed by atoms with Crippen LogP contribution in [0.1, 0.15) is 24.4 Å². The van der Waals surface area contributed by atoms with Crippen LogP contribution in [0.15, 0.2) is 23.1 Å². The summed E-state index contributed by atoms with van der Waals surface area (Å²) in [7, 11) is 0. The van der Waals surface area contributed by atoms with Crippen molar-refractivity contribution < 1.29 is 4.42 Å². The highest BCUT2D eigenvalue weighted by Gasteiger charge is 2.17. The number of nitrogens with zero attached hydrogens (tertiary/aromatic N) is 2. The third-order valence-corrected chi connectivity index (χ3v) is 2.67. The molecule has 0 spiro atoms. The highest BCUT2D eigenvalue weighted by molar-refractivity contribution is 5.67. The Balaban J connectivity index is 2.04. The third kappa shape index (κ3) is 1.19. The Morgan fingerprint density at radius 1 is 1.43 bits per heavy atom. The van der Waals surface area contributed by atoms with Crippen LogP contribution in [0, 0.1) is 0 Å². The largest absolute Gasteiger partial charge is 0.425 e. The second kappa shape index (κ2) is 3.06. The molecule has 0 aromatic carbocycles. The predicted octanol–water partition coefficient (Wildman–Crippen LogP) is 1.65. The molecule has 1 saturated heterocycles. The lowest BCUT2D eigenvalue weighted by molar-refractivity contribution is 0.589. The summed E-state index contributed by atoms with van der Waals surface area (Å²) in [5.74, 6) is 0. The van der Waals surface area contributed by atoms with Crippen molar-refractivity contribution in [1.82, 2.24) is 15.3 Å². The summed E-state index contributed by atoms with van der Waals surface area (Å²) in [4.78, 5) is 8.31. The van der Waals surface area contributed by atoms with Gasteiger partial charge in [0.05, 0.1) is 0 Å². The van der Waals surface area contributed by atoms with Gasteiger partial charge in [0.25, 0.3) is 0 Å². The molecule has 0 radical (unpaired) electrons. The van der Waals surface area contributed by atoms with Crippen molar-refractivity contribution in [2.75, 3.05) is 6.54 Å². The number of pyridine rings is 1. The van der Waals surface area contributed by atoms with Gasteiger partial charge in [0.1, 0.15) is 5.52 Å². The molecule has 0 amide bonds. The number of hydrogen-bond acceptors (Lipinski definition) is 4. The molecule has 1 fully saturated rings. The first-order valence-electron chi connectivity index (χ1n) is 4.86. The minimum Gasteiger partial charge on any atom is -0.425 e. The maximum Gasteiger partial charge on any atom is 0.246 e. The fourth-order valence-corrected chi connectivity index (χ4v) is 1.93. The standard InChI is InChI=1S/C10H11N3O/c1-2-8(11-3-1)7-4-9-10(12-5-7)14-6-13-9/h4-6,8,11H,1-3H2. The number of fused-ring (bicyclic) bond motifs is 1. The zero-order chi connectivity index (χ0) is 9.38. The fourth-order valence-electron chi connectivity index (χ4n) is 1.93. The van der Waals surface area contributed by atoms with E-state index >= 15 is 0 Å². The molecule has 14 heavy (non-hydrogen) atoms. The van der Waals surface area contributed by atoms with E-state index < -0.39 is 0 Å². The lowest BCUT2D eigenvalue weighted by Gasteiger charge is -2.08. The molecule has 1 atom stereocenters. The smallest absolute Gasteiger partial charge is 0.246 e. The number of hydrogen-bond donors (Lipinski definition) is 1. The Bertz CT molecular complexity index is 445. The molecular formula is C10H11N3O. The summed E-state index contributed by atoms with van der Waals surface area (Å²) in [6.45, 7) is 1.10. The predicted molar refractivity (Wildman–Crippen MR) is 51.8 cm³/mol. The first-order valence-corrected chi connectivity index (χ1v) is 4.86. The molecule has 1 N–H and O–H groups in total. The van der Waals surface area contributed by atoms with Gasteiger partial charge in [0.15, 0.2) is 6.39 Å². The molecule has 4 nitrogen and oxygen atoms in total. The van der Waals surface area contributed by atoms with Gasteiger partial charge in [-0.3, -0.25) is 0 Å². The van der Waals surface area contributed by atoms with Gasteiger partial charge in [-0.1, -0.05) is 0 Å². The Hall–Kier alpha value is -1.42. The molecule has 2 aromatic rings. The summed E-state index contributed by atoms with van der Waals surface area (Å²) in [5.41, 5.74) is 2.67. The van der Waals surface area contributed by atoms with E-state index in [0.29, 0.717) is 11.8 Å². The summed E-state index contributed by atoms with van der Waals surface area (Å²) in [5, 5.41) is 3.43. The molecule has 2 aromatic heterocycles. The van der Waals surface area contributed by atoms with Crippen LogP contribution in [0.25, 0.3) is 11.2 Å². The summed E-state index contributed by atoms with van der Waals surface area (Å²) >= 11 is 0. The van der Waals surface area contributed by atoms with Gasteiger partial charge in [0, 0.05) is 12.2 Å². The fraction of sp³-hybridized carbons (Fsp3) is 0.400. The van der Waals surface area contributed by atoms with E-state index in [0.717, 1.165) is 12.1 Å². The first-order chi connectivity index (χ1) is 6.93. The van der Waals surface area contributed by atoms with E-state index in [1.807, 2.05) is 6.20 Å². The average molecular weight is 189 g/mol. The van der Waals surface area contributed by atoms with Gasteiger partial charge in [-0.15, -0.1) is 0 Å². The lowest BCUT2D eigenvalue weighted by Crippen LogP contribution is -2.12. The number of oxazole rings is 1. The van der Waals surface area contributed by atoms with Crippen molar-refractivity contribution in [1.29, 1.82) is 0 Å². The molecule has 0 bridgehead atoms. The quantitative estimate of drug-likeness (QED) is 0.741.